The molecule has 0 atom stereocenters. The summed E-state index contributed by atoms with van der Waals surface area (Å²) >= 11 is 0. The molecule has 2 aliphatic rings. The van der Waals surface area contributed by atoms with E-state index in [0.29, 0.717) is 12.2 Å². The van der Waals surface area contributed by atoms with Crippen LogP contribution in [0.4, 0.5) is 0 Å². The number of ketones is 1. The molecule has 102 valence electrons. The van der Waals surface area contributed by atoms with Gasteiger partial charge in [0.1, 0.15) is 11.5 Å². The zero-order chi connectivity index (χ0) is 13.1. The number of hydrogen-bond acceptors (Lipinski definition) is 3. The number of ether oxygens (including phenoxy) is 2. The van der Waals surface area contributed by atoms with E-state index in [1.807, 2.05) is 6.07 Å². The van der Waals surface area contributed by atoms with Crippen molar-refractivity contribution in [2.45, 2.75) is 32.1 Å². The van der Waals surface area contributed by atoms with Crippen LogP contribution in [0.1, 0.15) is 30.4 Å². The second-order valence-electron chi connectivity index (χ2n) is 5.39. The third kappa shape index (κ3) is 2.98. The normalized spacial score (nSPS) is 18.9. The maximum absolute atomic E-state index is 12.1. The number of aryl methyl sites for hydroxylation is 1. The number of carbonyl (C=O) groups is 1. The Morgan fingerprint density at radius 1 is 1.21 bits per heavy atom. The number of hydrogen-bond donors (Lipinski definition) is 0. The Morgan fingerprint density at radius 2 is 2.05 bits per heavy atom. The molecule has 1 aromatic rings. The van der Waals surface area contributed by atoms with Crippen LogP contribution in [0, 0.1) is 5.92 Å². The molecule has 0 aliphatic carbocycles. The summed E-state index contributed by atoms with van der Waals surface area (Å²) in [5, 5.41) is 0. The zero-order valence-corrected chi connectivity index (χ0v) is 11.2. The van der Waals surface area contributed by atoms with E-state index in [9.17, 15) is 4.79 Å². The predicted molar refractivity (Wildman–Crippen MR) is 72.5 cm³/mol. The van der Waals surface area contributed by atoms with E-state index in [-0.39, 0.29) is 5.92 Å². The topological polar surface area (TPSA) is 35.5 Å². The van der Waals surface area contributed by atoms with E-state index in [1.54, 1.807) is 0 Å². The molecule has 0 amide bonds. The van der Waals surface area contributed by atoms with Crippen molar-refractivity contribution in [3.05, 3.63) is 29.3 Å². The van der Waals surface area contributed by atoms with Crippen molar-refractivity contribution >= 4 is 5.78 Å². The summed E-state index contributed by atoms with van der Waals surface area (Å²) in [6, 6.07) is 6.32. The molecule has 2 aliphatic heterocycles. The highest BCUT2D eigenvalue weighted by atomic mass is 16.5. The van der Waals surface area contributed by atoms with Crippen LogP contribution in [0.5, 0.6) is 5.75 Å². The first-order valence-corrected chi connectivity index (χ1v) is 7.18. The van der Waals surface area contributed by atoms with Gasteiger partial charge in [-0.05, 0) is 36.5 Å². The van der Waals surface area contributed by atoms with Crippen molar-refractivity contribution in [3.63, 3.8) is 0 Å². The Balaban J connectivity index is 1.55. The fourth-order valence-electron chi connectivity index (χ4n) is 2.89. The molecule has 0 radical (unpaired) electrons. The van der Waals surface area contributed by atoms with Crippen LogP contribution < -0.4 is 4.74 Å². The third-order valence-electron chi connectivity index (χ3n) is 4.09. The van der Waals surface area contributed by atoms with E-state index in [2.05, 4.69) is 12.1 Å². The first kappa shape index (κ1) is 12.7. The molecule has 1 aromatic carbocycles. The number of fused-ring (bicyclic) bond motifs is 1. The molecule has 0 unspecified atom stereocenters. The molecule has 1 saturated heterocycles. The Hall–Kier alpha value is -1.35. The molecule has 0 spiro atoms. The lowest BCUT2D eigenvalue weighted by molar-refractivity contribution is -0.125. The second kappa shape index (κ2) is 5.74. The van der Waals surface area contributed by atoms with Crippen LogP contribution in [0.15, 0.2) is 18.2 Å². The van der Waals surface area contributed by atoms with Gasteiger partial charge in [0, 0.05) is 32.0 Å². The van der Waals surface area contributed by atoms with Gasteiger partial charge < -0.3 is 9.47 Å². The summed E-state index contributed by atoms with van der Waals surface area (Å²) in [6.45, 7) is 2.28. The third-order valence-corrected chi connectivity index (χ3v) is 4.09. The molecule has 2 heterocycles. The van der Waals surface area contributed by atoms with Crippen molar-refractivity contribution < 1.29 is 14.3 Å². The Morgan fingerprint density at radius 3 is 2.89 bits per heavy atom. The number of rotatable bonds is 4. The summed E-state index contributed by atoms with van der Waals surface area (Å²) in [5.41, 5.74) is 2.54. The Labute approximate surface area is 113 Å². The van der Waals surface area contributed by atoms with Gasteiger partial charge in [-0.15, -0.1) is 0 Å². The maximum Gasteiger partial charge on any atom is 0.136 e. The van der Waals surface area contributed by atoms with Gasteiger partial charge in [0.25, 0.3) is 0 Å². The first-order valence-electron chi connectivity index (χ1n) is 7.18. The predicted octanol–water partition coefficient (Wildman–Crippen LogP) is 2.55. The van der Waals surface area contributed by atoms with E-state index in [1.165, 1.54) is 11.1 Å². The molecular weight excluding hydrogens is 240 g/mol. The van der Waals surface area contributed by atoms with Gasteiger partial charge in [0.2, 0.25) is 0 Å². The molecule has 1 fully saturated rings. The van der Waals surface area contributed by atoms with E-state index in [0.717, 1.165) is 51.3 Å². The lowest BCUT2D eigenvalue weighted by atomic mass is 9.91. The van der Waals surface area contributed by atoms with Crippen molar-refractivity contribution in [1.29, 1.82) is 0 Å². The van der Waals surface area contributed by atoms with Crippen molar-refractivity contribution in [2.75, 3.05) is 19.8 Å². The molecule has 0 N–H and O–H groups in total. The molecule has 3 heteroatoms. The highest BCUT2D eigenvalue weighted by Crippen LogP contribution is 2.26. The zero-order valence-electron chi connectivity index (χ0n) is 11.2. The van der Waals surface area contributed by atoms with Crippen LogP contribution in [0.25, 0.3) is 0 Å². The summed E-state index contributed by atoms with van der Waals surface area (Å²) in [6.07, 6.45) is 4.30. The molecule has 3 nitrogen and oxygen atoms in total. The largest absolute Gasteiger partial charge is 0.493 e. The quantitative estimate of drug-likeness (QED) is 0.834. The average molecular weight is 260 g/mol. The minimum absolute atomic E-state index is 0.228. The lowest BCUT2D eigenvalue weighted by Gasteiger charge is -2.20. The van der Waals surface area contributed by atoms with Crippen molar-refractivity contribution in [3.8, 4) is 5.75 Å². The van der Waals surface area contributed by atoms with Gasteiger partial charge in [-0.2, -0.15) is 0 Å². The smallest absolute Gasteiger partial charge is 0.136 e. The monoisotopic (exact) mass is 260 g/mol. The van der Waals surface area contributed by atoms with Gasteiger partial charge in [0.05, 0.1) is 6.61 Å². The Kier molecular flexibility index (Phi) is 3.83. The Bertz CT molecular complexity index is 461. The standard InChI is InChI=1S/C16H20O3/c17-15(13-5-8-18-9-6-13)3-1-12-2-4-16-14(11-12)7-10-19-16/h2,4,11,13H,1,3,5-10H2. The van der Waals surface area contributed by atoms with Crippen LogP contribution in [-0.4, -0.2) is 25.6 Å². The van der Waals surface area contributed by atoms with Crippen molar-refractivity contribution in [1.82, 2.24) is 0 Å². The number of carbonyl (C=O) groups excluding carboxylic acids is 1. The van der Waals surface area contributed by atoms with E-state index < -0.39 is 0 Å². The fraction of sp³-hybridized carbons (Fsp3) is 0.562. The SMILES string of the molecule is O=C(CCc1ccc2c(c1)CCO2)C1CCOCC1. The number of Topliss-reactive ketones (excluding diaryl/α,β-unsaturated/α-hetero) is 1. The van der Waals surface area contributed by atoms with E-state index >= 15 is 0 Å². The second-order valence-corrected chi connectivity index (χ2v) is 5.39. The summed E-state index contributed by atoms with van der Waals surface area (Å²) in [4.78, 5) is 12.1. The van der Waals surface area contributed by atoms with Gasteiger partial charge in [-0.25, -0.2) is 0 Å². The molecule has 19 heavy (non-hydrogen) atoms. The van der Waals surface area contributed by atoms with Gasteiger partial charge in [-0.3, -0.25) is 4.79 Å². The van der Waals surface area contributed by atoms with Crippen LogP contribution >= 0.6 is 0 Å². The van der Waals surface area contributed by atoms with Gasteiger partial charge >= 0.3 is 0 Å². The van der Waals surface area contributed by atoms with Crippen LogP contribution in [0.3, 0.4) is 0 Å². The lowest BCUT2D eigenvalue weighted by Crippen LogP contribution is -2.23. The maximum atomic E-state index is 12.1. The van der Waals surface area contributed by atoms with Gasteiger partial charge in [-0.1, -0.05) is 12.1 Å². The molecule has 0 bridgehead atoms. The first-order chi connectivity index (χ1) is 9.33. The highest BCUT2D eigenvalue weighted by molar-refractivity contribution is 5.81. The van der Waals surface area contributed by atoms with Gasteiger partial charge in [0.15, 0.2) is 0 Å². The summed E-state index contributed by atoms with van der Waals surface area (Å²) in [7, 11) is 0. The highest BCUT2D eigenvalue weighted by Gasteiger charge is 2.21. The average Bonchev–Trinajstić information content (AvgIpc) is 2.93. The van der Waals surface area contributed by atoms with E-state index in [4.69, 9.17) is 9.47 Å². The number of benzene rings is 1. The van der Waals surface area contributed by atoms with Crippen molar-refractivity contribution in [2.24, 2.45) is 5.92 Å². The summed E-state index contributed by atoms with van der Waals surface area (Å²) < 4.78 is 10.8. The summed E-state index contributed by atoms with van der Waals surface area (Å²) in [5.74, 6) is 1.64. The molecule has 3 rings (SSSR count). The molecular formula is C16H20O3. The van der Waals surface area contributed by atoms with Crippen LogP contribution in [-0.2, 0) is 22.4 Å². The minimum atomic E-state index is 0.228. The fourth-order valence-corrected chi connectivity index (χ4v) is 2.89. The molecule has 0 aromatic heterocycles. The molecule has 0 saturated carbocycles. The van der Waals surface area contributed by atoms with Crippen LogP contribution in [0.2, 0.25) is 0 Å². The minimum Gasteiger partial charge on any atom is -0.493 e.